The molecule has 3 heterocycles. The van der Waals surface area contributed by atoms with E-state index in [4.69, 9.17) is 5.73 Å². The van der Waals surface area contributed by atoms with Crippen molar-refractivity contribution in [3.05, 3.63) is 108 Å². The number of anilines is 3. The van der Waals surface area contributed by atoms with Crippen LogP contribution in [0.15, 0.2) is 62.9 Å². The monoisotopic (exact) mass is 606 g/mol. The van der Waals surface area contributed by atoms with Crippen LogP contribution in [-0.4, -0.2) is 52.0 Å². The first-order chi connectivity index (χ1) is 21.8. The fraction of sp³-hybridized carbons (Fsp3) is 0.143. The maximum absolute atomic E-state index is 13.5. The minimum absolute atomic E-state index is 0.0217. The van der Waals surface area contributed by atoms with Crippen molar-refractivity contribution in [2.45, 2.75) is 25.4 Å². The number of nitrogens with one attached hydrogen (secondary N) is 5. The third-order valence-electron chi connectivity index (χ3n) is 7.58. The van der Waals surface area contributed by atoms with Gasteiger partial charge >= 0.3 is 5.69 Å². The molecule has 7 rings (SSSR count). The van der Waals surface area contributed by atoms with Crippen LogP contribution < -0.4 is 38.2 Å². The fourth-order valence-electron chi connectivity index (χ4n) is 5.33. The van der Waals surface area contributed by atoms with Crippen molar-refractivity contribution in [1.82, 2.24) is 50.8 Å². The summed E-state index contributed by atoms with van der Waals surface area (Å²) in [4.78, 5) is 66.5. The molecule has 0 saturated carbocycles. The number of aromatic nitrogens is 8. The second-order valence-corrected chi connectivity index (χ2v) is 10.4. The molecule has 0 spiro atoms. The number of aromatic amines is 2. The Morgan fingerprint density at radius 3 is 2.69 bits per heavy atom. The van der Waals surface area contributed by atoms with Gasteiger partial charge < -0.3 is 21.7 Å². The van der Waals surface area contributed by atoms with Crippen LogP contribution in [0.5, 0.6) is 0 Å². The largest absolute Gasteiger partial charge is 0.394 e. The molecule has 0 unspecified atom stereocenters. The first-order valence-corrected chi connectivity index (χ1v) is 13.7. The zero-order valence-corrected chi connectivity index (χ0v) is 23.1. The van der Waals surface area contributed by atoms with Crippen LogP contribution in [-0.2, 0) is 13.0 Å². The summed E-state index contributed by atoms with van der Waals surface area (Å²) in [5.41, 5.74) is 7.00. The molecule has 0 fully saturated rings. The van der Waals surface area contributed by atoms with Gasteiger partial charge in [-0.05, 0) is 59.0 Å². The van der Waals surface area contributed by atoms with Crippen LogP contribution in [0.1, 0.15) is 50.1 Å². The number of nitrogens with zero attached hydrogens (tertiary/aromatic N) is 6. The predicted molar refractivity (Wildman–Crippen MR) is 158 cm³/mol. The van der Waals surface area contributed by atoms with Crippen LogP contribution in [0.2, 0.25) is 0 Å². The lowest BCUT2D eigenvalue weighted by Gasteiger charge is -2.15. The van der Waals surface area contributed by atoms with Gasteiger partial charge in [0.05, 0.1) is 6.04 Å². The average Bonchev–Trinajstić information content (AvgIpc) is 3.82. The zero-order chi connectivity index (χ0) is 31.2. The summed E-state index contributed by atoms with van der Waals surface area (Å²) in [7, 11) is 0. The van der Waals surface area contributed by atoms with Crippen LogP contribution in [0.3, 0.4) is 0 Å². The highest BCUT2D eigenvalue weighted by atomic mass is 16.2. The highest BCUT2D eigenvalue weighted by Gasteiger charge is 2.27. The lowest BCUT2D eigenvalue weighted by molar-refractivity contribution is 0.0929. The highest BCUT2D eigenvalue weighted by Crippen LogP contribution is 2.33. The number of benzene rings is 2. The lowest BCUT2D eigenvalue weighted by atomic mass is 10.0. The van der Waals surface area contributed by atoms with E-state index in [1.54, 1.807) is 24.3 Å². The molecule has 0 aliphatic heterocycles. The summed E-state index contributed by atoms with van der Waals surface area (Å²) in [5.74, 6) is -0.889. The van der Waals surface area contributed by atoms with E-state index in [1.165, 1.54) is 6.07 Å². The standard InChI is InChI=1S/C28H22N12O5/c29-20-21(23(42)22(20)41)31-15-3-1-2-12(8-15)11-30-25(43)18-10-19(40-27(33-18)36-37-28(40)45)26(44)32-17-7-5-13-9-14(4-6-16(13)17)24-34-38-39-35-24/h1-4,6,8-10,17,31H,5,7,11,29H2,(H,30,43)(H,32,44)(H,37,45)(H,34,35,38,39)/t17-/m0/s1. The number of hydrogen-bond donors (Lipinski definition) is 6. The fourth-order valence-corrected chi connectivity index (χ4v) is 5.33. The van der Waals surface area contributed by atoms with Crippen molar-refractivity contribution >= 4 is 34.7 Å². The summed E-state index contributed by atoms with van der Waals surface area (Å²) < 4.78 is 1.00. The minimum Gasteiger partial charge on any atom is -0.394 e. The van der Waals surface area contributed by atoms with Gasteiger partial charge in [-0.2, -0.15) is 5.21 Å². The smallest absolute Gasteiger partial charge is 0.349 e. The molecule has 3 aromatic carbocycles. The molecule has 6 aromatic rings. The van der Waals surface area contributed by atoms with Gasteiger partial charge in [-0.15, -0.1) is 15.3 Å². The van der Waals surface area contributed by atoms with Gasteiger partial charge in [-0.1, -0.05) is 24.3 Å². The summed E-state index contributed by atoms with van der Waals surface area (Å²) >= 11 is 0. The normalized spacial score (nSPS) is 14.0. The Hall–Kier alpha value is -6.52. The second-order valence-electron chi connectivity index (χ2n) is 10.4. The third kappa shape index (κ3) is 4.86. The molecule has 224 valence electrons. The Labute approximate surface area is 250 Å². The Balaban J connectivity index is 1.08. The van der Waals surface area contributed by atoms with E-state index in [9.17, 15) is 24.0 Å². The lowest BCUT2D eigenvalue weighted by Crippen LogP contribution is -2.36. The number of tetrazole rings is 1. The second kappa shape index (κ2) is 10.6. The molecule has 2 amide bonds. The number of nitrogen functional groups attached to an aromatic ring is 1. The molecule has 1 atom stereocenters. The molecule has 7 N–H and O–H groups in total. The maximum atomic E-state index is 13.5. The Morgan fingerprint density at radius 2 is 1.89 bits per heavy atom. The topological polar surface area (TPSA) is 248 Å². The molecule has 17 heteroatoms. The van der Waals surface area contributed by atoms with E-state index in [-0.39, 0.29) is 41.1 Å². The van der Waals surface area contributed by atoms with E-state index in [0.717, 1.165) is 21.1 Å². The van der Waals surface area contributed by atoms with E-state index < -0.39 is 28.4 Å². The number of aryl methyl sites for hydroxylation is 1. The van der Waals surface area contributed by atoms with E-state index in [0.29, 0.717) is 29.9 Å². The van der Waals surface area contributed by atoms with Crippen molar-refractivity contribution in [3.63, 3.8) is 0 Å². The van der Waals surface area contributed by atoms with Crippen molar-refractivity contribution < 1.29 is 9.59 Å². The number of carbonyl (C=O) groups is 2. The molecule has 17 nitrogen and oxygen atoms in total. The van der Waals surface area contributed by atoms with E-state index >= 15 is 0 Å². The molecule has 0 saturated heterocycles. The van der Waals surface area contributed by atoms with Gasteiger partial charge in [0.1, 0.15) is 22.8 Å². The first-order valence-electron chi connectivity index (χ1n) is 13.7. The van der Waals surface area contributed by atoms with Gasteiger partial charge in [-0.25, -0.2) is 19.3 Å². The van der Waals surface area contributed by atoms with E-state index in [1.807, 2.05) is 18.2 Å². The van der Waals surface area contributed by atoms with Gasteiger partial charge in [-0.3, -0.25) is 19.2 Å². The zero-order valence-electron chi connectivity index (χ0n) is 23.1. The number of carbonyl (C=O) groups excluding carboxylic acids is 2. The van der Waals surface area contributed by atoms with Gasteiger partial charge in [0, 0.05) is 17.8 Å². The van der Waals surface area contributed by atoms with Crippen molar-refractivity contribution in [1.29, 1.82) is 0 Å². The molecule has 3 aromatic heterocycles. The number of nitrogens with two attached hydrogens (primary N) is 1. The maximum Gasteiger partial charge on any atom is 0.349 e. The molecular weight excluding hydrogens is 584 g/mol. The van der Waals surface area contributed by atoms with Crippen LogP contribution in [0, 0.1) is 0 Å². The van der Waals surface area contributed by atoms with Crippen LogP contribution in [0.4, 0.5) is 17.1 Å². The predicted octanol–water partition coefficient (Wildman–Crippen LogP) is -0.133. The molecule has 1 aliphatic rings. The number of H-pyrrole nitrogens is 2. The highest BCUT2D eigenvalue weighted by molar-refractivity contribution is 5.98. The first kappa shape index (κ1) is 27.3. The molecule has 1 aliphatic carbocycles. The molecule has 45 heavy (non-hydrogen) atoms. The van der Waals surface area contributed by atoms with E-state index in [2.05, 4.69) is 51.8 Å². The third-order valence-corrected chi connectivity index (χ3v) is 7.58. The Kier molecular flexibility index (Phi) is 6.46. The number of hydrogen-bond acceptors (Lipinski definition) is 12. The van der Waals surface area contributed by atoms with Crippen molar-refractivity contribution in [2.75, 3.05) is 11.1 Å². The average molecular weight is 607 g/mol. The summed E-state index contributed by atoms with van der Waals surface area (Å²) in [6.45, 7) is 0.0578. The number of amides is 2. The SMILES string of the molecule is Nc1c(Nc2cccc(CNC(=O)c3cc(C(=O)N[C@H]4CCc5cc(-c6nn[nH]n6)ccc54)n4c(=O)[nH]nc4n3)c2)c(=O)c1=O. The summed E-state index contributed by atoms with van der Waals surface area (Å²) in [5, 5.41) is 28.7. The van der Waals surface area contributed by atoms with Gasteiger partial charge in [0.15, 0.2) is 0 Å². The van der Waals surface area contributed by atoms with Crippen molar-refractivity contribution in [3.8, 4) is 11.4 Å². The van der Waals surface area contributed by atoms with Crippen LogP contribution >= 0.6 is 0 Å². The van der Waals surface area contributed by atoms with Crippen molar-refractivity contribution in [2.24, 2.45) is 0 Å². The molecule has 0 radical (unpaired) electrons. The Morgan fingerprint density at radius 1 is 1.02 bits per heavy atom. The Bertz CT molecular complexity index is 2260. The van der Waals surface area contributed by atoms with Crippen LogP contribution in [0.25, 0.3) is 17.2 Å². The quantitative estimate of drug-likeness (QED) is 0.124. The molecular formula is C28H22N12O5. The summed E-state index contributed by atoms with van der Waals surface area (Å²) in [6.07, 6.45) is 1.33. The molecule has 0 bridgehead atoms. The van der Waals surface area contributed by atoms with Gasteiger partial charge in [0.25, 0.3) is 28.4 Å². The summed E-state index contributed by atoms with van der Waals surface area (Å²) in [6, 6.07) is 13.4. The number of rotatable bonds is 8. The number of fused-ring (bicyclic) bond motifs is 2. The minimum atomic E-state index is -0.735. The van der Waals surface area contributed by atoms with Gasteiger partial charge in [0.2, 0.25) is 5.82 Å².